The smallest absolute Gasteiger partial charge is 0.305 e. The molecule has 0 unspecified atom stereocenters. The minimum absolute atomic E-state index is 0.179. The van der Waals surface area contributed by atoms with Gasteiger partial charge >= 0.3 is 5.97 Å². The molecule has 2 aliphatic heterocycles. The maximum absolute atomic E-state index is 13.1. The minimum atomic E-state index is -0.816. The molecule has 180 valence electrons. The van der Waals surface area contributed by atoms with Gasteiger partial charge in [0, 0.05) is 22.3 Å². The number of nitrogens with one attached hydrogen (secondary N) is 3. The molecule has 4 rings (SSSR count). The Bertz CT molecular complexity index is 1090. The Morgan fingerprint density at radius 3 is 2.68 bits per heavy atom. The summed E-state index contributed by atoms with van der Waals surface area (Å²) in [4.78, 5) is 39.6. The summed E-state index contributed by atoms with van der Waals surface area (Å²) >= 11 is 1.65. The zero-order chi connectivity index (χ0) is 24.2. The number of carbonyl (C=O) groups is 3. The molecule has 34 heavy (non-hydrogen) atoms. The van der Waals surface area contributed by atoms with Crippen LogP contribution in [0.5, 0.6) is 0 Å². The number of carbonyl (C=O) groups excluding carboxylic acids is 3. The molecule has 1 saturated heterocycles. The fourth-order valence-corrected chi connectivity index (χ4v) is 4.96. The molecular weight excluding hydrogens is 454 g/mol. The summed E-state index contributed by atoms with van der Waals surface area (Å²) < 4.78 is 10.6. The predicted octanol–water partition coefficient (Wildman–Crippen LogP) is 3.83. The lowest BCUT2D eigenvalue weighted by Gasteiger charge is -2.25. The first-order valence-corrected chi connectivity index (χ1v) is 12.2. The zero-order valence-electron chi connectivity index (χ0n) is 19.4. The first-order valence-electron chi connectivity index (χ1n) is 11.4. The third kappa shape index (κ3) is 5.71. The highest BCUT2D eigenvalue weighted by Crippen LogP contribution is 2.44. The second-order valence-electron chi connectivity index (χ2n) is 8.84. The van der Waals surface area contributed by atoms with E-state index in [2.05, 4.69) is 16.0 Å². The first-order chi connectivity index (χ1) is 16.3. The SMILES string of the molecule is CC(=O)O[C@@H]1OCC[C@@H]1NC(=O)[C@H](CC(C)C)NC(=O)c1ccc2c(c1)Nc1ccccc1S2. The Hall–Kier alpha value is -3.04. The Morgan fingerprint density at radius 1 is 1.15 bits per heavy atom. The maximum atomic E-state index is 13.1. The van der Waals surface area contributed by atoms with Crippen LogP contribution in [0, 0.1) is 5.92 Å². The van der Waals surface area contributed by atoms with Gasteiger partial charge in [-0.15, -0.1) is 0 Å². The lowest BCUT2D eigenvalue weighted by molar-refractivity contribution is -0.170. The molecule has 3 atom stereocenters. The van der Waals surface area contributed by atoms with Crippen molar-refractivity contribution in [2.45, 2.75) is 61.8 Å². The lowest BCUT2D eigenvalue weighted by Crippen LogP contribution is -2.52. The molecule has 2 aromatic rings. The molecule has 3 N–H and O–H groups in total. The van der Waals surface area contributed by atoms with Gasteiger partial charge in [0.05, 0.1) is 24.0 Å². The molecule has 9 heteroatoms. The predicted molar refractivity (Wildman–Crippen MR) is 129 cm³/mol. The van der Waals surface area contributed by atoms with Crippen molar-refractivity contribution in [1.29, 1.82) is 0 Å². The standard InChI is InChI=1S/C25H29N3O5S/c1-14(2)12-20(24(31)27-18-10-11-32-25(18)33-15(3)29)28-23(30)16-8-9-22-19(13-16)26-17-6-4-5-7-21(17)34-22/h4-9,13-14,18,20,25-26H,10-12H2,1-3H3,(H,27,31)(H,28,30)/t18-,20-,25-/m0/s1. The summed E-state index contributed by atoms with van der Waals surface area (Å²) in [5, 5.41) is 9.15. The number of esters is 1. The van der Waals surface area contributed by atoms with Crippen LogP contribution >= 0.6 is 11.8 Å². The summed E-state index contributed by atoms with van der Waals surface area (Å²) in [6, 6.07) is 12.3. The van der Waals surface area contributed by atoms with Crippen molar-refractivity contribution in [3.05, 3.63) is 48.0 Å². The van der Waals surface area contributed by atoms with Crippen molar-refractivity contribution in [2.24, 2.45) is 5.92 Å². The van der Waals surface area contributed by atoms with Crippen LogP contribution in [-0.4, -0.2) is 42.8 Å². The van der Waals surface area contributed by atoms with E-state index in [1.54, 1.807) is 23.9 Å². The number of ether oxygens (including phenoxy) is 2. The Kier molecular flexibility index (Phi) is 7.43. The van der Waals surface area contributed by atoms with E-state index in [1.165, 1.54) is 6.92 Å². The van der Waals surface area contributed by atoms with Crippen LogP contribution in [0.4, 0.5) is 11.4 Å². The van der Waals surface area contributed by atoms with E-state index in [4.69, 9.17) is 9.47 Å². The van der Waals surface area contributed by atoms with E-state index in [0.717, 1.165) is 21.2 Å². The summed E-state index contributed by atoms with van der Waals surface area (Å²) in [6.45, 7) is 5.66. The summed E-state index contributed by atoms with van der Waals surface area (Å²) in [5.74, 6) is -0.943. The highest BCUT2D eigenvalue weighted by Gasteiger charge is 2.34. The van der Waals surface area contributed by atoms with E-state index in [-0.39, 0.29) is 17.7 Å². The molecule has 2 aromatic carbocycles. The number of fused-ring (bicyclic) bond motifs is 2. The third-order valence-electron chi connectivity index (χ3n) is 5.60. The molecular formula is C25H29N3O5S. The van der Waals surface area contributed by atoms with Crippen molar-refractivity contribution in [3.8, 4) is 0 Å². The number of para-hydroxylation sites is 1. The van der Waals surface area contributed by atoms with Crippen LogP contribution in [0.15, 0.2) is 52.3 Å². The van der Waals surface area contributed by atoms with Gasteiger partial charge in [0.15, 0.2) is 0 Å². The lowest BCUT2D eigenvalue weighted by atomic mass is 10.0. The van der Waals surface area contributed by atoms with Crippen LogP contribution in [0.2, 0.25) is 0 Å². The quantitative estimate of drug-likeness (QED) is 0.439. The molecule has 0 radical (unpaired) electrons. The highest BCUT2D eigenvalue weighted by atomic mass is 32.2. The topological polar surface area (TPSA) is 106 Å². The van der Waals surface area contributed by atoms with E-state index in [0.29, 0.717) is 25.0 Å². The van der Waals surface area contributed by atoms with Crippen molar-refractivity contribution < 1.29 is 23.9 Å². The normalized spacial score (nSPS) is 19.4. The Labute approximate surface area is 203 Å². The van der Waals surface area contributed by atoms with E-state index in [9.17, 15) is 14.4 Å². The van der Waals surface area contributed by atoms with Gasteiger partial charge in [0.2, 0.25) is 12.2 Å². The van der Waals surface area contributed by atoms with Crippen LogP contribution in [-0.2, 0) is 19.1 Å². The average molecular weight is 484 g/mol. The third-order valence-corrected chi connectivity index (χ3v) is 6.75. The Balaban J connectivity index is 1.45. The van der Waals surface area contributed by atoms with Crippen LogP contribution in [0.3, 0.4) is 0 Å². The monoisotopic (exact) mass is 483 g/mol. The average Bonchev–Trinajstić information content (AvgIpc) is 3.22. The van der Waals surface area contributed by atoms with E-state index >= 15 is 0 Å². The molecule has 1 fully saturated rings. The molecule has 2 amide bonds. The fraction of sp³-hybridized carbons (Fsp3) is 0.400. The second-order valence-corrected chi connectivity index (χ2v) is 9.93. The van der Waals surface area contributed by atoms with Gasteiger partial charge in [-0.3, -0.25) is 14.4 Å². The molecule has 8 nitrogen and oxygen atoms in total. The molecule has 2 heterocycles. The maximum Gasteiger partial charge on any atom is 0.305 e. The molecule has 0 saturated carbocycles. The molecule has 2 aliphatic rings. The van der Waals surface area contributed by atoms with Gasteiger partial charge in [0.25, 0.3) is 5.91 Å². The minimum Gasteiger partial charge on any atom is -0.434 e. The zero-order valence-corrected chi connectivity index (χ0v) is 20.2. The van der Waals surface area contributed by atoms with Crippen LogP contribution in [0.25, 0.3) is 0 Å². The summed E-state index contributed by atoms with van der Waals surface area (Å²) in [7, 11) is 0. The van der Waals surface area contributed by atoms with Crippen molar-refractivity contribution in [2.75, 3.05) is 11.9 Å². The number of anilines is 2. The van der Waals surface area contributed by atoms with Gasteiger partial charge in [-0.1, -0.05) is 37.7 Å². The molecule has 0 aliphatic carbocycles. The molecule has 0 spiro atoms. The number of amides is 2. The van der Waals surface area contributed by atoms with Crippen LogP contribution < -0.4 is 16.0 Å². The highest BCUT2D eigenvalue weighted by molar-refractivity contribution is 7.99. The number of rotatable bonds is 7. The van der Waals surface area contributed by atoms with E-state index < -0.39 is 24.3 Å². The number of hydrogen-bond donors (Lipinski definition) is 3. The summed E-state index contributed by atoms with van der Waals surface area (Å²) in [6.07, 6.45) is 0.182. The van der Waals surface area contributed by atoms with Gasteiger partial charge in [0.1, 0.15) is 6.04 Å². The fourth-order valence-electron chi connectivity index (χ4n) is 3.99. The Morgan fingerprint density at radius 2 is 1.91 bits per heavy atom. The van der Waals surface area contributed by atoms with Gasteiger partial charge in [-0.05, 0) is 49.1 Å². The molecule has 0 aromatic heterocycles. The largest absolute Gasteiger partial charge is 0.434 e. The van der Waals surface area contributed by atoms with Crippen molar-refractivity contribution in [3.63, 3.8) is 0 Å². The first kappa shape index (κ1) is 24.1. The van der Waals surface area contributed by atoms with Crippen LogP contribution in [0.1, 0.15) is 44.0 Å². The summed E-state index contributed by atoms with van der Waals surface area (Å²) in [5.41, 5.74) is 2.32. The van der Waals surface area contributed by atoms with E-state index in [1.807, 2.05) is 44.2 Å². The van der Waals surface area contributed by atoms with Gasteiger partial charge in [-0.25, -0.2) is 0 Å². The van der Waals surface area contributed by atoms with Crippen molar-refractivity contribution >= 4 is 40.9 Å². The van der Waals surface area contributed by atoms with Gasteiger partial charge < -0.3 is 25.4 Å². The second kappa shape index (κ2) is 10.5. The van der Waals surface area contributed by atoms with Gasteiger partial charge in [-0.2, -0.15) is 0 Å². The number of hydrogen-bond acceptors (Lipinski definition) is 7. The van der Waals surface area contributed by atoms with Crippen molar-refractivity contribution in [1.82, 2.24) is 10.6 Å². The molecule has 0 bridgehead atoms. The number of benzene rings is 2.